The number of aryl methyl sites for hydroxylation is 2. The Balaban J connectivity index is 1.69. The molecule has 0 saturated heterocycles. The van der Waals surface area contributed by atoms with Gasteiger partial charge in [-0.25, -0.2) is 14.4 Å². The van der Waals surface area contributed by atoms with E-state index in [2.05, 4.69) is 25.4 Å². The fourth-order valence-corrected chi connectivity index (χ4v) is 3.30. The van der Waals surface area contributed by atoms with Gasteiger partial charge in [0.25, 0.3) is 0 Å². The van der Waals surface area contributed by atoms with Crippen molar-refractivity contribution in [3.63, 3.8) is 0 Å². The first-order valence-corrected chi connectivity index (χ1v) is 8.63. The molecular formula is C18H20FN7. The molecule has 26 heavy (non-hydrogen) atoms. The van der Waals surface area contributed by atoms with Gasteiger partial charge in [-0.05, 0) is 42.5 Å². The molecule has 8 heteroatoms. The van der Waals surface area contributed by atoms with E-state index in [1.165, 1.54) is 6.33 Å². The molecule has 2 heterocycles. The Morgan fingerprint density at radius 3 is 2.96 bits per heavy atom. The van der Waals surface area contributed by atoms with Crippen LogP contribution >= 0.6 is 0 Å². The first kappa shape index (κ1) is 16.6. The summed E-state index contributed by atoms with van der Waals surface area (Å²) in [6.07, 6.45) is 8.72. The van der Waals surface area contributed by atoms with Crippen LogP contribution in [-0.4, -0.2) is 24.7 Å². The molecule has 1 aliphatic carbocycles. The molecule has 0 spiro atoms. The quantitative estimate of drug-likeness (QED) is 0.703. The zero-order valence-corrected chi connectivity index (χ0v) is 14.5. The van der Waals surface area contributed by atoms with Crippen molar-refractivity contribution in [3.8, 4) is 11.4 Å². The number of halogens is 1. The van der Waals surface area contributed by atoms with Gasteiger partial charge < -0.3 is 11.1 Å². The van der Waals surface area contributed by atoms with Crippen LogP contribution in [-0.2, 0) is 13.5 Å². The first-order valence-electron chi connectivity index (χ1n) is 8.63. The third kappa shape index (κ3) is 3.28. The summed E-state index contributed by atoms with van der Waals surface area (Å²) in [7, 11) is 1.82. The van der Waals surface area contributed by atoms with E-state index in [0.717, 1.165) is 42.5 Å². The summed E-state index contributed by atoms with van der Waals surface area (Å²) in [5.74, 6) is 0.276. The average molecular weight is 353 g/mol. The molecule has 3 aromatic rings. The molecule has 3 N–H and O–H groups in total. The van der Waals surface area contributed by atoms with Crippen molar-refractivity contribution in [2.24, 2.45) is 12.8 Å². The fraction of sp³-hybridized carbons (Fsp3) is 0.333. The lowest BCUT2D eigenvalue weighted by Crippen LogP contribution is -2.11. The van der Waals surface area contributed by atoms with Gasteiger partial charge in [0, 0.05) is 19.3 Å². The van der Waals surface area contributed by atoms with Crippen LogP contribution in [0.2, 0.25) is 0 Å². The molecule has 0 unspecified atom stereocenters. The van der Waals surface area contributed by atoms with Crippen molar-refractivity contribution in [1.82, 2.24) is 24.7 Å². The SMILES string of the molecule is Cn1cc(Nc2ncnc(-c3cc4c(cc3F)[C@H](N)CCCC4)n2)cn1. The van der Waals surface area contributed by atoms with Crippen LogP contribution in [0.1, 0.15) is 36.4 Å². The summed E-state index contributed by atoms with van der Waals surface area (Å²) in [6.45, 7) is 0. The second-order valence-electron chi connectivity index (χ2n) is 6.54. The fourth-order valence-electron chi connectivity index (χ4n) is 3.30. The molecule has 2 aromatic heterocycles. The second kappa shape index (κ2) is 6.80. The molecule has 0 amide bonds. The summed E-state index contributed by atoms with van der Waals surface area (Å²) in [5, 5.41) is 7.13. The Labute approximate surface area is 150 Å². The number of aromatic nitrogens is 5. The van der Waals surface area contributed by atoms with Gasteiger partial charge in [0.1, 0.15) is 12.1 Å². The first-order chi connectivity index (χ1) is 12.6. The lowest BCUT2D eigenvalue weighted by atomic mass is 9.96. The number of benzene rings is 1. The average Bonchev–Trinajstić information content (AvgIpc) is 2.95. The molecule has 0 bridgehead atoms. The van der Waals surface area contributed by atoms with Gasteiger partial charge >= 0.3 is 0 Å². The van der Waals surface area contributed by atoms with Crippen LogP contribution in [0.3, 0.4) is 0 Å². The van der Waals surface area contributed by atoms with E-state index in [0.29, 0.717) is 17.3 Å². The molecule has 0 fully saturated rings. The van der Waals surface area contributed by atoms with Gasteiger partial charge in [0.05, 0.1) is 17.4 Å². The number of hydrogen-bond donors (Lipinski definition) is 2. The Kier molecular flexibility index (Phi) is 4.34. The van der Waals surface area contributed by atoms with Crippen LogP contribution in [0.15, 0.2) is 30.9 Å². The van der Waals surface area contributed by atoms with Crippen molar-refractivity contribution in [3.05, 3.63) is 47.8 Å². The minimum Gasteiger partial charge on any atom is -0.324 e. The summed E-state index contributed by atoms with van der Waals surface area (Å²) in [4.78, 5) is 12.6. The maximum absolute atomic E-state index is 14.7. The normalized spacial score (nSPS) is 16.8. The summed E-state index contributed by atoms with van der Waals surface area (Å²) < 4.78 is 16.4. The Bertz CT molecular complexity index is 937. The van der Waals surface area contributed by atoms with E-state index in [4.69, 9.17) is 5.73 Å². The van der Waals surface area contributed by atoms with E-state index in [1.807, 2.05) is 13.1 Å². The molecular weight excluding hydrogens is 333 g/mol. The summed E-state index contributed by atoms with van der Waals surface area (Å²) >= 11 is 0. The minimum absolute atomic E-state index is 0.114. The van der Waals surface area contributed by atoms with E-state index in [9.17, 15) is 4.39 Å². The summed E-state index contributed by atoms with van der Waals surface area (Å²) in [6, 6.07) is 3.26. The van der Waals surface area contributed by atoms with E-state index in [-0.39, 0.29) is 11.9 Å². The van der Waals surface area contributed by atoms with E-state index >= 15 is 0 Å². The maximum atomic E-state index is 14.7. The molecule has 1 aromatic carbocycles. The number of nitrogens with zero attached hydrogens (tertiary/aromatic N) is 5. The zero-order valence-electron chi connectivity index (χ0n) is 14.5. The van der Waals surface area contributed by atoms with Crippen LogP contribution in [0.5, 0.6) is 0 Å². The number of rotatable bonds is 3. The Hall–Kier alpha value is -2.87. The monoisotopic (exact) mass is 353 g/mol. The van der Waals surface area contributed by atoms with Crippen molar-refractivity contribution < 1.29 is 4.39 Å². The van der Waals surface area contributed by atoms with Gasteiger partial charge in [0.2, 0.25) is 5.95 Å². The van der Waals surface area contributed by atoms with Gasteiger partial charge in [-0.1, -0.05) is 6.42 Å². The number of nitrogens with two attached hydrogens (primary N) is 1. The van der Waals surface area contributed by atoms with Gasteiger partial charge in [-0.3, -0.25) is 4.68 Å². The van der Waals surface area contributed by atoms with Gasteiger partial charge in [-0.2, -0.15) is 10.1 Å². The molecule has 1 aliphatic rings. The molecule has 0 saturated carbocycles. The number of nitrogens with one attached hydrogen (secondary N) is 1. The van der Waals surface area contributed by atoms with E-state index in [1.54, 1.807) is 23.1 Å². The van der Waals surface area contributed by atoms with E-state index < -0.39 is 0 Å². The lowest BCUT2D eigenvalue weighted by molar-refractivity contribution is 0.601. The number of fused-ring (bicyclic) bond motifs is 1. The highest BCUT2D eigenvalue weighted by Gasteiger charge is 2.20. The van der Waals surface area contributed by atoms with Crippen molar-refractivity contribution in [2.45, 2.75) is 31.7 Å². The number of hydrogen-bond acceptors (Lipinski definition) is 6. The zero-order chi connectivity index (χ0) is 18.1. The Morgan fingerprint density at radius 2 is 2.15 bits per heavy atom. The molecule has 7 nitrogen and oxygen atoms in total. The van der Waals surface area contributed by atoms with Crippen LogP contribution in [0.4, 0.5) is 16.0 Å². The molecule has 0 radical (unpaired) electrons. The third-order valence-corrected chi connectivity index (χ3v) is 4.61. The Morgan fingerprint density at radius 1 is 1.27 bits per heavy atom. The highest BCUT2D eigenvalue weighted by Crippen LogP contribution is 2.32. The van der Waals surface area contributed by atoms with Crippen LogP contribution in [0, 0.1) is 5.82 Å². The predicted molar refractivity (Wildman–Crippen MR) is 96.2 cm³/mol. The second-order valence-corrected chi connectivity index (χ2v) is 6.54. The smallest absolute Gasteiger partial charge is 0.230 e. The van der Waals surface area contributed by atoms with Gasteiger partial charge in [0.15, 0.2) is 5.82 Å². The molecule has 134 valence electrons. The van der Waals surface area contributed by atoms with Crippen LogP contribution in [0.25, 0.3) is 11.4 Å². The topological polar surface area (TPSA) is 94.5 Å². The lowest BCUT2D eigenvalue weighted by Gasteiger charge is -2.14. The van der Waals surface area contributed by atoms with Crippen LogP contribution < -0.4 is 11.1 Å². The van der Waals surface area contributed by atoms with Crippen molar-refractivity contribution >= 4 is 11.6 Å². The number of anilines is 2. The largest absolute Gasteiger partial charge is 0.324 e. The standard InChI is InChI=1S/C18H20FN7/c1-26-9-12(8-23-26)24-18-22-10-21-17(25-18)14-6-11-4-2-3-5-16(20)13(11)7-15(14)19/h6-10,16H,2-5,20H2,1H3,(H,21,22,24,25)/t16-/m1/s1. The third-order valence-electron chi connectivity index (χ3n) is 4.61. The van der Waals surface area contributed by atoms with Gasteiger partial charge in [-0.15, -0.1) is 0 Å². The highest BCUT2D eigenvalue weighted by atomic mass is 19.1. The minimum atomic E-state index is -0.361. The van der Waals surface area contributed by atoms with Crippen molar-refractivity contribution in [2.75, 3.05) is 5.32 Å². The predicted octanol–water partition coefficient (Wildman–Crippen LogP) is 2.88. The molecule has 0 aliphatic heterocycles. The van der Waals surface area contributed by atoms with Crippen molar-refractivity contribution in [1.29, 1.82) is 0 Å². The summed E-state index contributed by atoms with van der Waals surface area (Å²) in [5.41, 5.74) is 9.28. The molecule has 1 atom stereocenters. The maximum Gasteiger partial charge on any atom is 0.230 e. The highest BCUT2D eigenvalue weighted by molar-refractivity contribution is 5.61. The molecule has 4 rings (SSSR count).